The minimum atomic E-state index is -3.42. The van der Waals surface area contributed by atoms with Crippen LogP contribution >= 0.6 is 11.3 Å². The number of piperidine rings is 1. The summed E-state index contributed by atoms with van der Waals surface area (Å²) < 4.78 is 27.2. The van der Waals surface area contributed by atoms with Crippen molar-refractivity contribution in [3.63, 3.8) is 0 Å². The third kappa shape index (κ3) is 4.07. The molecule has 1 N–H and O–H groups in total. The van der Waals surface area contributed by atoms with Gasteiger partial charge in [0.1, 0.15) is 4.21 Å². The number of rotatable bonds is 5. The summed E-state index contributed by atoms with van der Waals surface area (Å²) >= 11 is 1.19. The smallest absolute Gasteiger partial charge is 0.252 e. The van der Waals surface area contributed by atoms with Crippen LogP contribution in [-0.4, -0.2) is 60.4 Å². The number of amides is 1. The van der Waals surface area contributed by atoms with E-state index in [4.69, 9.17) is 0 Å². The minimum absolute atomic E-state index is 0.00993. The van der Waals surface area contributed by atoms with E-state index in [1.807, 2.05) is 0 Å². The number of aliphatic hydroxyl groups is 1. The summed E-state index contributed by atoms with van der Waals surface area (Å²) in [4.78, 5) is 14.8. The van der Waals surface area contributed by atoms with Gasteiger partial charge in [-0.15, -0.1) is 11.3 Å². The molecular formula is C17H26N2O4S2. The summed E-state index contributed by atoms with van der Waals surface area (Å²) in [7, 11) is -3.42. The summed E-state index contributed by atoms with van der Waals surface area (Å²) in [6.45, 7) is 5.81. The number of nitrogens with zero attached hydrogens (tertiary/aromatic N) is 2. The molecule has 1 amide bonds. The molecule has 2 aliphatic rings. The molecule has 140 valence electrons. The normalized spacial score (nSPS) is 20.5. The average molecular weight is 387 g/mol. The second-order valence-corrected chi connectivity index (χ2v) is 10.8. The van der Waals surface area contributed by atoms with E-state index in [9.17, 15) is 18.3 Å². The SMILES string of the molecule is CC(C)(O)C1CN(C(=O)Cc2ccc(S(=O)(=O)N3CCCCC3)s2)C1. The van der Waals surface area contributed by atoms with Gasteiger partial charge in [-0.25, -0.2) is 8.42 Å². The Hall–Kier alpha value is -0.960. The summed E-state index contributed by atoms with van der Waals surface area (Å²) in [5, 5.41) is 9.94. The monoisotopic (exact) mass is 386 g/mol. The Kier molecular flexibility index (Phi) is 5.26. The van der Waals surface area contributed by atoms with Gasteiger partial charge in [-0.1, -0.05) is 6.42 Å². The second kappa shape index (κ2) is 6.98. The molecule has 25 heavy (non-hydrogen) atoms. The molecule has 3 rings (SSSR count). The predicted octanol–water partition coefficient (Wildman–Crippen LogP) is 1.69. The number of likely N-dealkylation sites (tertiary alicyclic amines) is 1. The molecule has 1 aromatic rings. The molecule has 8 heteroatoms. The highest BCUT2D eigenvalue weighted by molar-refractivity contribution is 7.91. The lowest BCUT2D eigenvalue weighted by Gasteiger charge is -2.45. The van der Waals surface area contributed by atoms with Crippen LogP contribution in [0.25, 0.3) is 0 Å². The highest BCUT2D eigenvalue weighted by atomic mass is 32.2. The number of hydrogen-bond acceptors (Lipinski definition) is 5. The first kappa shape index (κ1) is 18.8. The van der Waals surface area contributed by atoms with Crippen molar-refractivity contribution in [3.05, 3.63) is 17.0 Å². The Bertz CT molecular complexity index is 724. The fourth-order valence-electron chi connectivity index (χ4n) is 3.21. The maximum absolute atomic E-state index is 12.7. The van der Waals surface area contributed by atoms with Gasteiger partial charge < -0.3 is 10.0 Å². The van der Waals surface area contributed by atoms with Crippen LogP contribution in [0.1, 0.15) is 38.0 Å². The molecule has 0 unspecified atom stereocenters. The quantitative estimate of drug-likeness (QED) is 0.835. The van der Waals surface area contributed by atoms with Gasteiger partial charge in [0, 0.05) is 37.0 Å². The van der Waals surface area contributed by atoms with Gasteiger partial charge in [-0.3, -0.25) is 4.79 Å². The lowest BCUT2D eigenvalue weighted by atomic mass is 9.84. The van der Waals surface area contributed by atoms with Crippen molar-refractivity contribution in [3.8, 4) is 0 Å². The van der Waals surface area contributed by atoms with Gasteiger partial charge >= 0.3 is 0 Å². The average Bonchev–Trinajstić information content (AvgIpc) is 2.94. The summed E-state index contributed by atoms with van der Waals surface area (Å²) in [6.07, 6.45) is 3.12. The van der Waals surface area contributed by atoms with Crippen molar-refractivity contribution in [2.24, 2.45) is 5.92 Å². The van der Waals surface area contributed by atoms with E-state index in [1.165, 1.54) is 11.3 Å². The van der Waals surface area contributed by atoms with Crippen molar-refractivity contribution >= 4 is 27.3 Å². The number of carbonyl (C=O) groups excluding carboxylic acids is 1. The van der Waals surface area contributed by atoms with Gasteiger partial charge in [-0.05, 0) is 38.8 Å². The van der Waals surface area contributed by atoms with Gasteiger partial charge in [0.05, 0.1) is 12.0 Å². The molecular weight excluding hydrogens is 360 g/mol. The van der Waals surface area contributed by atoms with Crippen LogP contribution in [0.5, 0.6) is 0 Å². The van der Waals surface area contributed by atoms with Crippen LogP contribution in [0.4, 0.5) is 0 Å². The fourth-order valence-corrected chi connectivity index (χ4v) is 6.23. The Morgan fingerprint density at radius 1 is 1.24 bits per heavy atom. The Morgan fingerprint density at radius 2 is 1.88 bits per heavy atom. The third-order valence-corrected chi connectivity index (χ3v) is 8.56. The molecule has 0 bridgehead atoms. The molecule has 2 fully saturated rings. The molecule has 1 aromatic heterocycles. The van der Waals surface area contributed by atoms with Gasteiger partial charge in [0.25, 0.3) is 10.0 Å². The number of hydrogen-bond donors (Lipinski definition) is 1. The van der Waals surface area contributed by atoms with Crippen LogP contribution in [0.3, 0.4) is 0 Å². The number of carbonyl (C=O) groups is 1. The lowest BCUT2D eigenvalue weighted by Crippen LogP contribution is -2.57. The molecule has 0 aliphatic carbocycles. The molecule has 2 saturated heterocycles. The van der Waals surface area contributed by atoms with Crippen LogP contribution in [0.2, 0.25) is 0 Å². The topological polar surface area (TPSA) is 77.9 Å². The fraction of sp³-hybridized carbons (Fsp3) is 0.706. The van der Waals surface area contributed by atoms with E-state index in [0.29, 0.717) is 30.4 Å². The first-order chi connectivity index (χ1) is 11.7. The summed E-state index contributed by atoms with van der Waals surface area (Å²) in [5.41, 5.74) is -0.768. The first-order valence-electron chi connectivity index (χ1n) is 8.77. The zero-order chi connectivity index (χ0) is 18.2. The van der Waals surface area contributed by atoms with E-state index in [1.54, 1.807) is 35.2 Å². The molecule has 6 nitrogen and oxygen atoms in total. The number of sulfonamides is 1. The second-order valence-electron chi connectivity index (χ2n) is 7.51. The number of thiophene rings is 1. The predicted molar refractivity (Wildman–Crippen MR) is 97.0 cm³/mol. The molecule has 0 atom stereocenters. The molecule has 0 saturated carbocycles. The van der Waals surface area contributed by atoms with Crippen molar-refractivity contribution < 1.29 is 18.3 Å². The Morgan fingerprint density at radius 3 is 2.48 bits per heavy atom. The van der Waals surface area contributed by atoms with Crippen molar-refractivity contribution in [2.75, 3.05) is 26.2 Å². The van der Waals surface area contributed by atoms with Crippen molar-refractivity contribution in [1.82, 2.24) is 9.21 Å². The molecule has 0 aromatic carbocycles. The molecule has 3 heterocycles. The van der Waals surface area contributed by atoms with Crippen LogP contribution in [0, 0.1) is 5.92 Å². The van der Waals surface area contributed by atoms with Crippen LogP contribution < -0.4 is 0 Å². The lowest BCUT2D eigenvalue weighted by molar-refractivity contribution is -0.143. The third-order valence-electron chi connectivity index (χ3n) is 5.10. The van der Waals surface area contributed by atoms with Gasteiger partial charge in [0.2, 0.25) is 5.91 Å². The maximum atomic E-state index is 12.7. The standard InChI is InChI=1S/C17H26N2O4S2/c1-17(2,21)13-11-18(12-13)15(20)10-14-6-7-16(24-14)25(22,23)19-8-4-3-5-9-19/h6-7,13,21H,3-5,8-12H2,1-2H3. The van der Waals surface area contributed by atoms with Crippen molar-refractivity contribution in [1.29, 1.82) is 0 Å². The molecule has 0 radical (unpaired) electrons. The zero-order valence-electron chi connectivity index (χ0n) is 14.8. The highest BCUT2D eigenvalue weighted by Crippen LogP contribution is 2.30. The Balaban J connectivity index is 1.59. The van der Waals surface area contributed by atoms with E-state index in [2.05, 4.69) is 0 Å². The minimum Gasteiger partial charge on any atom is -0.390 e. The summed E-state index contributed by atoms with van der Waals surface area (Å²) in [5.74, 6) is 0.0964. The van der Waals surface area contributed by atoms with Crippen LogP contribution in [0.15, 0.2) is 16.3 Å². The summed E-state index contributed by atoms with van der Waals surface area (Å²) in [6, 6.07) is 3.36. The van der Waals surface area contributed by atoms with Crippen LogP contribution in [-0.2, 0) is 21.2 Å². The molecule has 2 aliphatic heterocycles. The Labute approximate surface area is 153 Å². The van der Waals surface area contributed by atoms with E-state index in [-0.39, 0.29) is 18.2 Å². The largest absolute Gasteiger partial charge is 0.390 e. The van der Waals surface area contributed by atoms with Gasteiger partial charge in [0.15, 0.2) is 0 Å². The van der Waals surface area contributed by atoms with Crippen molar-refractivity contribution in [2.45, 2.75) is 49.3 Å². The van der Waals surface area contributed by atoms with Gasteiger partial charge in [-0.2, -0.15) is 4.31 Å². The maximum Gasteiger partial charge on any atom is 0.252 e. The zero-order valence-corrected chi connectivity index (χ0v) is 16.4. The first-order valence-corrected chi connectivity index (χ1v) is 11.0. The van der Waals surface area contributed by atoms with E-state index >= 15 is 0 Å². The molecule has 0 spiro atoms. The van der Waals surface area contributed by atoms with E-state index < -0.39 is 15.6 Å². The highest BCUT2D eigenvalue weighted by Gasteiger charge is 2.39. The van der Waals surface area contributed by atoms with E-state index in [0.717, 1.165) is 24.1 Å².